The highest BCUT2D eigenvalue weighted by atomic mass is 16.5. The molecule has 3 aliphatic carbocycles. The van der Waals surface area contributed by atoms with Crippen molar-refractivity contribution >= 4 is 16.3 Å². The summed E-state index contributed by atoms with van der Waals surface area (Å²) >= 11 is 0. The first kappa shape index (κ1) is 23.6. The van der Waals surface area contributed by atoms with Gasteiger partial charge in [-0.05, 0) is 92.2 Å². The first-order valence-corrected chi connectivity index (χ1v) is 13.6. The normalized spacial score (nSPS) is 40.4. The Balaban J connectivity index is 1.32. The zero-order valence-electron chi connectivity index (χ0n) is 22.0. The lowest BCUT2D eigenvalue weighted by Crippen LogP contribution is -2.62. The molecule has 194 valence electrons. The van der Waals surface area contributed by atoms with Crippen molar-refractivity contribution in [2.24, 2.45) is 11.3 Å². The molecule has 6 nitrogen and oxygen atoms in total. The summed E-state index contributed by atoms with van der Waals surface area (Å²) in [5, 5.41) is 24.2. The molecule has 1 saturated carbocycles. The van der Waals surface area contributed by atoms with Crippen molar-refractivity contribution in [2.45, 2.75) is 75.4 Å². The molecule has 0 radical (unpaired) electrons. The summed E-state index contributed by atoms with van der Waals surface area (Å²) in [6.45, 7) is 4.62. The van der Waals surface area contributed by atoms with Crippen LogP contribution in [0.15, 0.2) is 64.1 Å². The van der Waals surface area contributed by atoms with Crippen LogP contribution in [0.4, 0.5) is 0 Å². The third-order valence-corrected chi connectivity index (χ3v) is 10.4. The van der Waals surface area contributed by atoms with Crippen molar-refractivity contribution in [2.75, 3.05) is 14.1 Å². The Hall–Kier alpha value is -2.51. The summed E-state index contributed by atoms with van der Waals surface area (Å²) in [7, 11) is 3.94. The van der Waals surface area contributed by atoms with E-state index in [0.29, 0.717) is 12.3 Å². The number of fused-ring (bicyclic) bond motifs is 2. The Kier molecular flexibility index (Phi) is 4.81. The molecule has 1 aromatic carbocycles. The summed E-state index contributed by atoms with van der Waals surface area (Å²) in [5.41, 5.74) is 4.94. The van der Waals surface area contributed by atoms with Crippen LogP contribution in [0.25, 0.3) is 16.3 Å². The number of aliphatic hydroxyl groups excluding tert-OH is 2. The summed E-state index contributed by atoms with van der Waals surface area (Å²) in [6.07, 6.45) is 9.10. The van der Waals surface area contributed by atoms with Crippen molar-refractivity contribution in [3.05, 3.63) is 75.3 Å². The van der Waals surface area contributed by atoms with Crippen molar-refractivity contribution in [1.82, 2.24) is 9.88 Å². The number of likely N-dealkylation sites (N-methyl/N-ethyl adjacent to an activating group) is 1. The van der Waals surface area contributed by atoms with Crippen LogP contribution >= 0.6 is 0 Å². The van der Waals surface area contributed by atoms with Gasteiger partial charge in [-0.2, -0.15) is 0 Å². The van der Waals surface area contributed by atoms with E-state index >= 15 is 0 Å². The van der Waals surface area contributed by atoms with Gasteiger partial charge < -0.3 is 24.8 Å². The molecule has 2 bridgehead atoms. The maximum Gasteiger partial charge on any atom is 0.248 e. The monoisotopic (exact) mass is 500 g/mol. The van der Waals surface area contributed by atoms with E-state index in [2.05, 4.69) is 49.2 Å². The Labute approximate surface area is 217 Å². The Morgan fingerprint density at radius 3 is 2.73 bits per heavy atom. The van der Waals surface area contributed by atoms with Crippen molar-refractivity contribution in [1.29, 1.82) is 0 Å². The lowest BCUT2D eigenvalue weighted by molar-refractivity contribution is -0.162. The van der Waals surface area contributed by atoms with Crippen LogP contribution in [-0.2, 0) is 4.74 Å². The van der Waals surface area contributed by atoms with Crippen LogP contribution in [0.3, 0.4) is 0 Å². The molecule has 0 amide bonds. The van der Waals surface area contributed by atoms with Crippen LogP contribution in [0, 0.1) is 11.3 Å². The van der Waals surface area contributed by atoms with Gasteiger partial charge >= 0.3 is 0 Å². The van der Waals surface area contributed by atoms with Gasteiger partial charge in [0.05, 0.1) is 17.3 Å². The smallest absolute Gasteiger partial charge is 0.248 e. The molecule has 2 aromatic rings. The largest absolute Gasteiger partial charge is 0.388 e. The Morgan fingerprint density at radius 2 is 1.95 bits per heavy atom. The van der Waals surface area contributed by atoms with Crippen molar-refractivity contribution in [3.63, 3.8) is 0 Å². The molecular weight excluding hydrogens is 464 g/mol. The summed E-state index contributed by atoms with van der Waals surface area (Å²) in [5.74, 6) is 0.305. The minimum absolute atomic E-state index is 0.0753. The van der Waals surface area contributed by atoms with Crippen LogP contribution < -0.4 is 5.56 Å². The van der Waals surface area contributed by atoms with Gasteiger partial charge in [-0.15, -0.1) is 0 Å². The molecule has 3 N–H and O–H groups in total. The van der Waals surface area contributed by atoms with E-state index < -0.39 is 17.8 Å². The van der Waals surface area contributed by atoms with Gasteiger partial charge in [0, 0.05) is 29.6 Å². The van der Waals surface area contributed by atoms with Gasteiger partial charge in [0.2, 0.25) is 5.56 Å². The number of hydrogen-bond acceptors (Lipinski definition) is 5. The highest BCUT2D eigenvalue weighted by Gasteiger charge is 2.68. The second kappa shape index (κ2) is 7.54. The van der Waals surface area contributed by atoms with Crippen LogP contribution in [-0.4, -0.2) is 63.6 Å². The number of aliphatic hydroxyl groups is 2. The number of H-pyrrole nitrogens is 1. The number of benzene rings is 1. The highest BCUT2D eigenvalue weighted by molar-refractivity contribution is 5.87. The molecule has 3 heterocycles. The predicted octanol–water partition coefficient (Wildman–Crippen LogP) is 3.94. The molecule has 7 atom stereocenters. The molecular formula is C31H36N2O4. The van der Waals surface area contributed by atoms with Crippen LogP contribution in [0.2, 0.25) is 0 Å². The molecule has 2 spiro atoms. The summed E-state index contributed by atoms with van der Waals surface area (Å²) < 4.78 is 7.30. The predicted molar refractivity (Wildman–Crippen MR) is 144 cm³/mol. The van der Waals surface area contributed by atoms with Gasteiger partial charge in [0.1, 0.15) is 6.10 Å². The summed E-state index contributed by atoms with van der Waals surface area (Å²) in [4.78, 5) is 16.6. The molecule has 2 fully saturated rings. The second-order valence-electron chi connectivity index (χ2n) is 12.6. The first-order valence-electron chi connectivity index (χ1n) is 13.6. The van der Waals surface area contributed by atoms with E-state index in [1.54, 1.807) is 12.3 Å². The number of aromatic nitrogens is 1. The van der Waals surface area contributed by atoms with E-state index in [0.717, 1.165) is 42.0 Å². The number of aromatic amines is 1. The molecule has 1 unspecified atom stereocenters. The SMILES string of the molecule is CC1=C2C=C3[C@@H](O)[C@H](O)[C@@H](N(C)C)C[C@]34CC[C@]2(O4)C2CC=C(c3ccc4cc(=O)[nH]cc4c3)[C@@]2(C)C1. The summed E-state index contributed by atoms with van der Waals surface area (Å²) in [6, 6.07) is 7.92. The quantitative estimate of drug-likeness (QED) is 0.582. The van der Waals surface area contributed by atoms with Gasteiger partial charge in [0.25, 0.3) is 0 Å². The maximum absolute atomic E-state index is 11.8. The fraction of sp³-hybridized carbons (Fsp3) is 0.516. The fourth-order valence-electron chi connectivity index (χ4n) is 8.78. The molecule has 1 saturated heterocycles. The number of pyridine rings is 1. The lowest BCUT2D eigenvalue weighted by Gasteiger charge is -2.56. The lowest BCUT2D eigenvalue weighted by atomic mass is 9.56. The molecule has 6 heteroatoms. The van der Waals surface area contributed by atoms with Crippen molar-refractivity contribution < 1.29 is 14.9 Å². The van der Waals surface area contributed by atoms with E-state index in [1.807, 2.05) is 19.0 Å². The third kappa shape index (κ3) is 2.98. The standard InChI is InChI=1S/C31H36N2O4/c1-17-14-29(2)21(19-6-5-18-12-26(34)32-16-20(18)11-19)7-8-25(29)31-10-9-30(37-31)15-24(33(3)4)28(36)27(35)23(30)13-22(17)31/h5-7,11-13,16,24-25,27-28,35-36H,8-10,14-15H2,1-4H3,(H,32,34)/t24-,25?,27+,28+,29+,30+,31+/m0/s1. The van der Waals surface area contributed by atoms with E-state index in [4.69, 9.17) is 4.74 Å². The highest BCUT2D eigenvalue weighted by Crippen LogP contribution is 2.69. The molecule has 37 heavy (non-hydrogen) atoms. The Bertz CT molecular complexity index is 1480. The average molecular weight is 501 g/mol. The van der Waals surface area contributed by atoms with E-state index in [1.165, 1.54) is 22.3 Å². The van der Waals surface area contributed by atoms with Crippen LogP contribution in [0.1, 0.15) is 51.5 Å². The molecule has 1 aromatic heterocycles. The van der Waals surface area contributed by atoms with E-state index in [9.17, 15) is 15.0 Å². The van der Waals surface area contributed by atoms with Crippen molar-refractivity contribution in [3.8, 4) is 0 Å². The topological polar surface area (TPSA) is 85.8 Å². The molecule has 7 rings (SSSR count). The Morgan fingerprint density at radius 1 is 1.14 bits per heavy atom. The van der Waals surface area contributed by atoms with Gasteiger partial charge in [0.15, 0.2) is 0 Å². The number of rotatable bonds is 2. The minimum atomic E-state index is -0.910. The second-order valence-corrected chi connectivity index (χ2v) is 12.6. The van der Waals surface area contributed by atoms with Crippen LogP contribution in [0.5, 0.6) is 0 Å². The first-order chi connectivity index (χ1) is 17.6. The molecule has 5 aliphatic rings. The zero-order chi connectivity index (χ0) is 25.9. The van der Waals surface area contributed by atoms with E-state index in [-0.39, 0.29) is 22.6 Å². The fourth-order valence-corrected chi connectivity index (χ4v) is 8.78. The number of nitrogens with one attached hydrogen (secondary N) is 1. The van der Waals surface area contributed by atoms with Gasteiger partial charge in [-0.3, -0.25) is 4.79 Å². The van der Waals surface area contributed by atoms with Gasteiger partial charge in [-0.1, -0.05) is 36.8 Å². The minimum Gasteiger partial charge on any atom is -0.388 e. The maximum atomic E-state index is 11.8. The number of hydrogen-bond donors (Lipinski definition) is 3. The number of ether oxygens (including phenoxy) is 1. The number of nitrogens with zero attached hydrogens (tertiary/aromatic N) is 1. The average Bonchev–Trinajstić information content (AvgIpc) is 3.36. The zero-order valence-corrected chi connectivity index (χ0v) is 22.0. The number of allylic oxidation sites excluding steroid dienone is 3. The molecule has 2 aliphatic heterocycles. The third-order valence-electron chi connectivity index (χ3n) is 10.4. The van der Waals surface area contributed by atoms with Gasteiger partial charge in [-0.25, -0.2) is 0 Å².